The molecule has 2 aromatic rings. The van der Waals surface area contributed by atoms with Crippen LogP contribution in [0.2, 0.25) is 0 Å². The van der Waals surface area contributed by atoms with Crippen molar-refractivity contribution in [1.29, 1.82) is 0 Å². The smallest absolute Gasteiger partial charge is 0.305 e. The van der Waals surface area contributed by atoms with Crippen LogP contribution in [0, 0.1) is 0 Å². The molecular weight excluding hydrogens is 328 g/mol. The van der Waals surface area contributed by atoms with Gasteiger partial charge in [-0.3, -0.25) is 9.59 Å². The van der Waals surface area contributed by atoms with Gasteiger partial charge in [0.05, 0.1) is 18.5 Å². The van der Waals surface area contributed by atoms with Crippen LogP contribution >= 0.6 is 11.3 Å². The normalized spacial score (nSPS) is 10.4. The van der Waals surface area contributed by atoms with Gasteiger partial charge in [0.1, 0.15) is 11.4 Å². The summed E-state index contributed by atoms with van der Waals surface area (Å²) in [5.74, 6) is -0.346. The average Bonchev–Trinajstić information content (AvgIpc) is 3.04. The van der Waals surface area contributed by atoms with Crippen LogP contribution in [0.15, 0.2) is 29.6 Å². The van der Waals surface area contributed by atoms with E-state index in [4.69, 9.17) is 9.84 Å². The molecule has 7 heteroatoms. The Labute approximate surface area is 144 Å². The first kappa shape index (κ1) is 17.9. The van der Waals surface area contributed by atoms with Crippen LogP contribution in [-0.4, -0.2) is 47.1 Å². The molecule has 2 rings (SSSR count). The number of thiazole rings is 1. The second kappa shape index (κ2) is 8.44. The predicted octanol–water partition coefficient (Wildman–Crippen LogP) is 2.68. The Morgan fingerprint density at radius 1 is 1.29 bits per heavy atom. The van der Waals surface area contributed by atoms with Crippen LogP contribution in [0.25, 0.3) is 0 Å². The standard InChI is InChI=1S/C17H20N2O4S/c1-3-19(9-8-16(20)21)17(22)14-11-24-15(18-14)10-12-4-6-13(23-2)7-5-12/h4-7,11H,3,8-10H2,1-2H3,(H,20,21). The summed E-state index contributed by atoms with van der Waals surface area (Å²) in [6.45, 7) is 2.47. The maximum Gasteiger partial charge on any atom is 0.305 e. The van der Waals surface area contributed by atoms with Gasteiger partial charge in [0, 0.05) is 24.9 Å². The van der Waals surface area contributed by atoms with E-state index in [1.54, 1.807) is 12.5 Å². The van der Waals surface area contributed by atoms with Gasteiger partial charge in [-0.25, -0.2) is 4.98 Å². The van der Waals surface area contributed by atoms with Gasteiger partial charge in [-0.1, -0.05) is 12.1 Å². The topological polar surface area (TPSA) is 79.7 Å². The van der Waals surface area contributed by atoms with Crippen LogP contribution in [-0.2, 0) is 11.2 Å². The molecule has 24 heavy (non-hydrogen) atoms. The third-order valence-corrected chi connectivity index (χ3v) is 4.40. The number of carbonyl (C=O) groups is 2. The molecule has 1 heterocycles. The molecule has 6 nitrogen and oxygen atoms in total. The number of nitrogens with zero attached hydrogens (tertiary/aromatic N) is 2. The molecule has 0 atom stereocenters. The van der Waals surface area contributed by atoms with Gasteiger partial charge in [-0.05, 0) is 24.6 Å². The summed E-state index contributed by atoms with van der Waals surface area (Å²) in [5, 5.41) is 11.3. The Hall–Kier alpha value is -2.41. The quantitative estimate of drug-likeness (QED) is 0.793. The number of carboxylic acid groups (broad SMARTS) is 1. The number of methoxy groups -OCH3 is 1. The maximum absolute atomic E-state index is 12.4. The number of aromatic nitrogens is 1. The SMILES string of the molecule is CCN(CCC(=O)O)C(=O)c1csc(Cc2ccc(OC)cc2)n1. The molecule has 0 aliphatic rings. The minimum absolute atomic E-state index is 0.0670. The summed E-state index contributed by atoms with van der Waals surface area (Å²) < 4.78 is 5.13. The molecule has 0 fully saturated rings. The predicted molar refractivity (Wildman–Crippen MR) is 91.7 cm³/mol. The minimum atomic E-state index is -0.917. The molecule has 0 saturated heterocycles. The first-order valence-electron chi connectivity index (χ1n) is 7.62. The Morgan fingerprint density at radius 3 is 2.58 bits per heavy atom. The number of ether oxygens (including phenoxy) is 1. The number of aliphatic carboxylic acids is 1. The Bertz CT molecular complexity index is 697. The van der Waals surface area contributed by atoms with Gasteiger partial charge < -0.3 is 14.7 Å². The number of carbonyl (C=O) groups excluding carboxylic acids is 1. The summed E-state index contributed by atoms with van der Waals surface area (Å²) >= 11 is 1.43. The summed E-state index contributed by atoms with van der Waals surface area (Å²) in [6.07, 6.45) is 0.575. The number of carboxylic acids is 1. The lowest BCUT2D eigenvalue weighted by atomic mass is 10.1. The number of hydrogen-bond donors (Lipinski definition) is 1. The zero-order valence-corrected chi connectivity index (χ0v) is 14.5. The molecule has 1 aromatic carbocycles. The van der Waals surface area contributed by atoms with E-state index in [1.165, 1.54) is 16.2 Å². The molecule has 0 bridgehead atoms. The molecule has 0 saturated carbocycles. The van der Waals surface area contributed by atoms with E-state index >= 15 is 0 Å². The van der Waals surface area contributed by atoms with Crippen molar-refractivity contribution in [3.8, 4) is 5.75 Å². The molecule has 128 valence electrons. The lowest BCUT2D eigenvalue weighted by molar-refractivity contribution is -0.137. The lowest BCUT2D eigenvalue weighted by Gasteiger charge is -2.18. The molecule has 0 unspecified atom stereocenters. The molecule has 1 aromatic heterocycles. The van der Waals surface area contributed by atoms with E-state index in [0.29, 0.717) is 18.7 Å². The number of hydrogen-bond acceptors (Lipinski definition) is 5. The van der Waals surface area contributed by atoms with Gasteiger partial charge in [-0.15, -0.1) is 11.3 Å². The molecule has 1 N–H and O–H groups in total. The van der Waals surface area contributed by atoms with Crippen molar-refractivity contribution >= 4 is 23.2 Å². The monoisotopic (exact) mass is 348 g/mol. The van der Waals surface area contributed by atoms with Gasteiger partial charge in [0.2, 0.25) is 0 Å². The fraction of sp³-hybridized carbons (Fsp3) is 0.353. The summed E-state index contributed by atoms with van der Waals surface area (Å²) in [6, 6.07) is 7.71. The Kier molecular flexibility index (Phi) is 6.31. The first-order valence-corrected chi connectivity index (χ1v) is 8.49. The second-order valence-corrected chi connectivity index (χ2v) is 6.12. The van der Waals surface area contributed by atoms with Crippen molar-refractivity contribution in [3.63, 3.8) is 0 Å². The van der Waals surface area contributed by atoms with Crippen LogP contribution in [0.1, 0.15) is 34.4 Å². The highest BCUT2D eigenvalue weighted by Crippen LogP contribution is 2.18. The van der Waals surface area contributed by atoms with Crippen LogP contribution < -0.4 is 4.74 Å². The van der Waals surface area contributed by atoms with Crippen molar-refractivity contribution in [1.82, 2.24) is 9.88 Å². The summed E-state index contributed by atoms with van der Waals surface area (Å²) in [5.41, 5.74) is 1.46. The largest absolute Gasteiger partial charge is 0.497 e. The molecular formula is C17H20N2O4S. The highest BCUT2D eigenvalue weighted by molar-refractivity contribution is 7.09. The average molecular weight is 348 g/mol. The van der Waals surface area contributed by atoms with E-state index in [-0.39, 0.29) is 18.9 Å². The van der Waals surface area contributed by atoms with Crippen molar-refractivity contribution in [3.05, 3.63) is 45.9 Å². The number of rotatable bonds is 8. The van der Waals surface area contributed by atoms with Gasteiger partial charge in [-0.2, -0.15) is 0 Å². The Morgan fingerprint density at radius 2 is 2.00 bits per heavy atom. The highest BCUT2D eigenvalue weighted by Gasteiger charge is 2.18. The third kappa shape index (κ3) is 4.79. The lowest BCUT2D eigenvalue weighted by Crippen LogP contribution is -2.33. The second-order valence-electron chi connectivity index (χ2n) is 5.18. The summed E-state index contributed by atoms with van der Waals surface area (Å²) in [7, 11) is 1.62. The fourth-order valence-corrected chi connectivity index (χ4v) is 3.01. The third-order valence-electron chi connectivity index (χ3n) is 3.55. The van der Waals surface area contributed by atoms with Gasteiger partial charge in [0.25, 0.3) is 5.91 Å². The minimum Gasteiger partial charge on any atom is -0.497 e. The molecule has 0 aliphatic carbocycles. The number of benzene rings is 1. The maximum atomic E-state index is 12.4. The zero-order chi connectivity index (χ0) is 17.5. The van der Waals surface area contributed by atoms with E-state index in [9.17, 15) is 9.59 Å². The summed E-state index contributed by atoms with van der Waals surface area (Å²) in [4.78, 5) is 29.0. The van der Waals surface area contributed by atoms with Crippen molar-refractivity contribution in [2.24, 2.45) is 0 Å². The van der Waals surface area contributed by atoms with Crippen LogP contribution in [0.5, 0.6) is 5.75 Å². The van der Waals surface area contributed by atoms with E-state index in [1.807, 2.05) is 31.2 Å². The van der Waals surface area contributed by atoms with E-state index in [0.717, 1.165) is 16.3 Å². The molecule has 0 aliphatic heterocycles. The molecule has 0 spiro atoms. The Balaban J connectivity index is 2.02. The zero-order valence-electron chi connectivity index (χ0n) is 13.7. The highest BCUT2D eigenvalue weighted by atomic mass is 32.1. The van der Waals surface area contributed by atoms with Crippen LogP contribution in [0.4, 0.5) is 0 Å². The van der Waals surface area contributed by atoms with Gasteiger partial charge >= 0.3 is 5.97 Å². The number of amides is 1. The van der Waals surface area contributed by atoms with Gasteiger partial charge in [0.15, 0.2) is 0 Å². The van der Waals surface area contributed by atoms with E-state index < -0.39 is 5.97 Å². The molecule has 1 amide bonds. The van der Waals surface area contributed by atoms with Crippen molar-refractivity contribution < 1.29 is 19.4 Å². The van der Waals surface area contributed by atoms with Crippen molar-refractivity contribution in [2.75, 3.05) is 20.2 Å². The van der Waals surface area contributed by atoms with Crippen molar-refractivity contribution in [2.45, 2.75) is 19.8 Å². The fourth-order valence-electron chi connectivity index (χ4n) is 2.20. The van der Waals surface area contributed by atoms with E-state index in [2.05, 4.69) is 4.98 Å². The van der Waals surface area contributed by atoms with Crippen LogP contribution in [0.3, 0.4) is 0 Å². The first-order chi connectivity index (χ1) is 11.5. The molecule has 0 radical (unpaired) electrons.